The molecule has 0 radical (unpaired) electrons. The van der Waals surface area contributed by atoms with Crippen LogP contribution in [0, 0.1) is 5.92 Å². The Bertz CT molecular complexity index is 320. The quantitative estimate of drug-likeness (QED) is 0.833. The Labute approximate surface area is 119 Å². The molecule has 2 atom stereocenters. The monoisotopic (exact) mass is 289 g/mol. The summed E-state index contributed by atoms with van der Waals surface area (Å²) >= 11 is 0. The van der Waals surface area contributed by atoms with Gasteiger partial charge in [0.05, 0.1) is 6.54 Å². The van der Waals surface area contributed by atoms with Crippen LogP contribution in [0.15, 0.2) is 0 Å². The zero-order chi connectivity index (χ0) is 14.5. The summed E-state index contributed by atoms with van der Waals surface area (Å²) in [5, 5.41) is 6.01. The van der Waals surface area contributed by atoms with Crippen LogP contribution in [-0.4, -0.2) is 49.1 Å². The molecular formula is C14H25F2N3O. The fourth-order valence-corrected chi connectivity index (χ4v) is 3.21. The number of halogens is 2. The van der Waals surface area contributed by atoms with E-state index in [0.717, 1.165) is 19.3 Å². The molecule has 1 aliphatic carbocycles. The number of alkyl halides is 2. The highest BCUT2D eigenvalue weighted by Crippen LogP contribution is 2.24. The summed E-state index contributed by atoms with van der Waals surface area (Å²) in [6.45, 7) is 3.28. The second-order valence-electron chi connectivity index (χ2n) is 6.10. The van der Waals surface area contributed by atoms with Gasteiger partial charge in [0.15, 0.2) is 0 Å². The maximum absolute atomic E-state index is 12.3. The Balaban J connectivity index is 1.66. The summed E-state index contributed by atoms with van der Waals surface area (Å²) in [5.74, 6) is 0.550. The Morgan fingerprint density at radius 1 is 1.20 bits per heavy atom. The molecule has 2 fully saturated rings. The average molecular weight is 289 g/mol. The molecule has 0 aromatic rings. The van der Waals surface area contributed by atoms with Crippen molar-refractivity contribution in [2.75, 3.05) is 19.6 Å². The van der Waals surface area contributed by atoms with Crippen LogP contribution in [0.1, 0.15) is 39.0 Å². The molecule has 0 aromatic carbocycles. The highest BCUT2D eigenvalue weighted by molar-refractivity contribution is 5.74. The van der Waals surface area contributed by atoms with Crippen molar-refractivity contribution in [2.24, 2.45) is 5.92 Å². The van der Waals surface area contributed by atoms with Crippen molar-refractivity contribution in [1.82, 2.24) is 15.5 Å². The third-order valence-electron chi connectivity index (χ3n) is 4.50. The van der Waals surface area contributed by atoms with Gasteiger partial charge in [0.25, 0.3) is 6.43 Å². The molecule has 2 rings (SSSR count). The van der Waals surface area contributed by atoms with E-state index in [1.807, 2.05) is 0 Å². The van der Waals surface area contributed by atoms with Gasteiger partial charge in [-0.3, -0.25) is 4.90 Å². The molecule has 6 heteroatoms. The maximum atomic E-state index is 12.3. The molecule has 4 nitrogen and oxygen atoms in total. The van der Waals surface area contributed by atoms with E-state index in [2.05, 4.69) is 17.6 Å². The number of likely N-dealkylation sites (tertiary alicyclic amines) is 1. The molecule has 1 saturated heterocycles. The van der Waals surface area contributed by atoms with E-state index in [1.165, 1.54) is 12.8 Å². The Hall–Kier alpha value is -0.910. The SMILES string of the molecule is C[C@H]1CCC[C@H]1NC(=O)NC1CCN(CC(F)F)CC1. The molecule has 2 N–H and O–H groups in total. The fourth-order valence-electron chi connectivity index (χ4n) is 3.21. The lowest BCUT2D eigenvalue weighted by Gasteiger charge is -2.32. The van der Waals surface area contributed by atoms with E-state index < -0.39 is 6.43 Å². The molecule has 0 bridgehead atoms. The Morgan fingerprint density at radius 3 is 2.45 bits per heavy atom. The van der Waals surface area contributed by atoms with Gasteiger partial charge in [-0.2, -0.15) is 0 Å². The van der Waals surface area contributed by atoms with Gasteiger partial charge < -0.3 is 10.6 Å². The summed E-state index contributed by atoms with van der Waals surface area (Å²) < 4.78 is 24.5. The number of urea groups is 1. The van der Waals surface area contributed by atoms with Crippen LogP contribution in [0.3, 0.4) is 0 Å². The molecule has 1 heterocycles. The first-order valence-electron chi connectivity index (χ1n) is 7.62. The first kappa shape index (κ1) is 15.5. The second kappa shape index (κ2) is 7.20. The number of hydrogen-bond donors (Lipinski definition) is 2. The second-order valence-corrected chi connectivity index (χ2v) is 6.10. The summed E-state index contributed by atoms with van der Waals surface area (Å²) in [7, 11) is 0. The fraction of sp³-hybridized carbons (Fsp3) is 0.929. The molecule has 0 unspecified atom stereocenters. The topological polar surface area (TPSA) is 44.4 Å². The molecule has 116 valence electrons. The third kappa shape index (κ3) is 4.58. The number of rotatable bonds is 4. The van der Waals surface area contributed by atoms with Crippen LogP contribution in [0.4, 0.5) is 13.6 Å². The molecule has 2 aliphatic rings. The van der Waals surface area contributed by atoms with Gasteiger partial charge in [-0.1, -0.05) is 13.3 Å². The molecular weight excluding hydrogens is 264 g/mol. The highest BCUT2D eigenvalue weighted by Gasteiger charge is 2.26. The zero-order valence-corrected chi connectivity index (χ0v) is 12.1. The Kier molecular flexibility index (Phi) is 5.57. The minimum absolute atomic E-state index is 0.101. The van der Waals surface area contributed by atoms with E-state index >= 15 is 0 Å². The van der Waals surface area contributed by atoms with Crippen molar-refractivity contribution < 1.29 is 13.6 Å². The number of carbonyl (C=O) groups is 1. The highest BCUT2D eigenvalue weighted by atomic mass is 19.3. The van der Waals surface area contributed by atoms with E-state index in [4.69, 9.17) is 0 Å². The van der Waals surface area contributed by atoms with E-state index in [9.17, 15) is 13.6 Å². The molecule has 20 heavy (non-hydrogen) atoms. The number of nitrogens with zero attached hydrogens (tertiary/aromatic N) is 1. The number of amides is 2. The minimum atomic E-state index is -2.27. The predicted molar refractivity (Wildman–Crippen MR) is 73.9 cm³/mol. The smallest absolute Gasteiger partial charge is 0.315 e. The van der Waals surface area contributed by atoms with Gasteiger partial charge in [-0.15, -0.1) is 0 Å². The van der Waals surface area contributed by atoms with E-state index in [1.54, 1.807) is 4.90 Å². The summed E-state index contributed by atoms with van der Waals surface area (Å²) in [6, 6.07) is 0.297. The number of nitrogens with one attached hydrogen (secondary N) is 2. The van der Waals surface area contributed by atoms with Gasteiger partial charge in [-0.25, -0.2) is 13.6 Å². The van der Waals surface area contributed by atoms with Crippen molar-refractivity contribution in [3.63, 3.8) is 0 Å². The average Bonchev–Trinajstić information content (AvgIpc) is 2.77. The van der Waals surface area contributed by atoms with Crippen molar-refractivity contribution in [1.29, 1.82) is 0 Å². The van der Waals surface area contributed by atoms with Gasteiger partial charge in [0.1, 0.15) is 0 Å². The predicted octanol–water partition coefficient (Wildman–Crippen LogP) is 2.20. The molecule has 1 aliphatic heterocycles. The standard InChI is InChI=1S/C14H25F2N3O/c1-10-3-2-4-12(10)18-14(20)17-11-5-7-19(8-6-11)9-13(15)16/h10-13H,2-9H2,1H3,(H2,17,18,20)/t10-,12+/m0/s1. The lowest BCUT2D eigenvalue weighted by atomic mass is 10.0. The van der Waals surface area contributed by atoms with Crippen molar-refractivity contribution >= 4 is 6.03 Å². The minimum Gasteiger partial charge on any atom is -0.335 e. The summed E-state index contributed by atoms with van der Waals surface area (Å²) in [4.78, 5) is 13.7. The number of piperidine rings is 1. The van der Waals surface area contributed by atoms with Crippen LogP contribution in [-0.2, 0) is 0 Å². The van der Waals surface area contributed by atoms with Crippen LogP contribution in [0.2, 0.25) is 0 Å². The largest absolute Gasteiger partial charge is 0.335 e. The van der Waals surface area contributed by atoms with E-state index in [0.29, 0.717) is 19.0 Å². The van der Waals surface area contributed by atoms with Crippen molar-refractivity contribution in [3.05, 3.63) is 0 Å². The Morgan fingerprint density at radius 2 is 1.90 bits per heavy atom. The third-order valence-corrected chi connectivity index (χ3v) is 4.50. The van der Waals surface area contributed by atoms with Crippen molar-refractivity contribution in [2.45, 2.75) is 57.5 Å². The molecule has 0 aromatic heterocycles. The van der Waals surface area contributed by atoms with Crippen LogP contribution in [0.5, 0.6) is 0 Å². The molecule has 0 spiro atoms. The van der Waals surface area contributed by atoms with Gasteiger partial charge >= 0.3 is 6.03 Å². The number of hydrogen-bond acceptors (Lipinski definition) is 2. The zero-order valence-electron chi connectivity index (χ0n) is 12.1. The first-order valence-corrected chi connectivity index (χ1v) is 7.62. The van der Waals surface area contributed by atoms with E-state index in [-0.39, 0.29) is 24.7 Å². The molecule has 1 saturated carbocycles. The van der Waals surface area contributed by atoms with Crippen LogP contribution < -0.4 is 10.6 Å². The first-order chi connectivity index (χ1) is 9.54. The number of carbonyl (C=O) groups excluding carboxylic acids is 1. The van der Waals surface area contributed by atoms with Crippen LogP contribution >= 0.6 is 0 Å². The lowest BCUT2D eigenvalue weighted by molar-refractivity contribution is 0.0736. The maximum Gasteiger partial charge on any atom is 0.315 e. The van der Waals surface area contributed by atoms with Crippen LogP contribution in [0.25, 0.3) is 0 Å². The van der Waals surface area contributed by atoms with Gasteiger partial charge in [0, 0.05) is 25.2 Å². The molecule has 2 amide bonds. The van der Waals surface area contributed by atoms with Crippen molar-refractivity contribution in [3.8, 4) is 0 Å². The van der Waals surface area contributed by atoms with Gasteiger partial charge in [-0.05, 0) is 31.6 Å². The van der Waals surface area contributed by atoms with Gasteiger partial charge in [0.2, 0.25) is 0 Å². The summed E-state index contributed by atoms with van der Waals surface area (Å²) in [6.07, 6.45) is 2.64. The lowest BCUT2D eigenvalue weighted by Crippen LogP contribution is -2.50. The summed E-state index contributed by atoms with van der Waals surface area (Å²) in [5.41, 5.74) is 0. The normalized spacial score (nSPS) is 28.8.